The molecule has 0 aromatic heterocycles. The van der Waals surface area contributed by atoms with Crippen LogP contribution in [0.25, 0.3) is 0 Å². The molecule has 1 radical (unpaired) electrons. The van der Waals surface area contributed by atoms with Gasteiger partial charge in [-0.1, -0.05) is 11.8 Å². The van der Waals surface area contributed by atoms with Gasteiger partial charge in [0.05, 0.1) is 0 Å². The molecule has 0 rings (SSSR count). The van der Waals surface area contributed by atoms with Crippen molar-refractivity contribution in [3.8, 4) is 11.8 Å². The summed E-state index contributed by atoms with van der Waals surface area (Å²) < 4.78 is 4.57. The molecule has 0 bridgehead atoms. The molecule has 0 atom stereocenters. The minimum atomic E-state index is 0.490. The molecule has 0 aliphatic heterocycles. The summed E-state index contributed by atoms with van der Waals surface area (Å²) in [6.45, 7) is 3.77. The Morgan fingerprint density at radius 1 is 1.83 bits per heavy atom. The first kappa shape index (κ1) is 5.52. The molecule has 0 unspecified atom stereocenters. The van der Waals surface area contributed by atoms with Crippen LogP contribution in [-0.4, -0.2) is 13.7 Å². The van der Waals surface area contributed by atoms with Crippen LogP contribution in [0.3, 0.4) is 0 Å². The van der Waals surface area contributed by atoms with Crippen LogP contribution in [0.15, 0.2) is 0 Å². The van der Waals surface area contributed by atoms with Gasteiger partial charge in [-0.3, -0.25) is 0 Å². The van der Waals surface area contributed by atoms with Crippen molar-refractivity contribution < 1.29 is 4.74 Å². The molecule has 6 heavy (non-hydrogen) atoms. The zero-order valence-corrected chi connectivity index (χ0v) is 3.82. The molecule has 1 nitrogen and oxygen atoms in total. The molecule has 0 aromatic carbocycles. The van der Waals surface area contributed by atoms with E-state index in [1.54, 1.807) is 7.11 Å². The largest absolute Gasteiger partial charge is 0.372 e. The van der Waals surface area contributed by atoms with E-state index in [1.807, 2.05) is 0 Å². The second-order valence-electron chi connectivity index (χ2n) is 0.787. The minimum absolute atomic E-state index is 0.490. The molecular formula is C5H7O. The van der Waals surface area contributed by atoms with Crippen LogP contribution in [0.2, 0.25) is 0 Å². The highest BCUT2D eigenvalue weighted by Crippen LogP contribution is 1.57. The van der Waals surface area contributed by atoms with Gasteiger partial charge in [0.2, 0.25) is 0 Å². The molecular weight excluding hydrogens is 76.1 g/mol. The molecule has 0 fully saturated rings. The Bertz CT molecular complexity index is 65.7. The maximum atomic E-state index is 4.57. The lowest BCUT2D eigenvalue weighted by Crippen LogP contribution is -1.78. The van der Waals surface area contributed by atoms with Gasteiger partial charge in [0.15, 0.2) is 0 Å². The monoisotopic (exact) mass is 83.0 g/mol. The van der Waals surface area contributed by atoms with Gasteiger partial charge in [-0.25, -0.2) is 0 Å². The van der Waals surface area contributed by atoms with Gasteiger partial charge < -0.3 is 4.74 Å². The van der Waals surface area contributed by atoms with E-state index in [2.05, 4.69) is 23.5 Å². The van der Waals surface area contributed by atoms with Crippen LogP contribution in [0.5, 0.6) is 0 Å². The maximum Gasteiger partial charge on any atom is 0.107 e. The fraction of sp³-hybridized carbons (Fsp3) is 0.400. The van der Waals surface area contributed by atoms with E-state index >= 15 is 0 Å². The van der Waals surface area contributed by atoms with Crippen molar-refractivity contribution in [3.05, 3.63) is 6.92 Å². The lowest BCUT2D eigenvalue weighted by molar-refractivity contribution is 0.240. The van der Waals surface area contributed by atoms with Crippen LogP contribution >= 0.6 is 0 Å². The summed E-state index contributed by atoms with van der Waals surface area (Å²) in [5.74, 6) is 5.06. The lowest BCUT2D eigenvalue weighted by Gasteiger charge is -1.78. The zero-order valence-electron chi connectivity index (χ0n) is 3.82. The van der Waals surface area contributed by atoms with Gasteiger partial charge in [0.25, 0.3) is 0 Å². The molecule has 0 saturated carbocycles. The second kappa shape index (κ2) is 4.52. The standard InChI is InChI=1S/C5H7O/c1-3-4-5-6-2/h1,5H2,2H3. The quantitative estimate of drug-likeness (QED) is 0.419. The zero-order chi connectivity index (χ0) is 4.83. The third-order valence-corrected chi connectivity index (χ3v) is 0.342. The minimum Gasteiger partial charge on any atom is -0.372 e. The van der Waals surface area contributed by atoms with Gasteiger partial charge >= 0.3 is 0 Å². The van der Waals surface area contributed by atoms with Gasteiger partial charge in [-0.15, -0.1) is 0 Å². The summed E-state index contributed by atoms with van der Waals surface area (Å²) in [6.07, 6.45) is 0. The Balaban J connectivity index is 2.79. The van der Waals surface area contributed by atoms with Gasteiger partial charge in [-0.05, 0) is 0 Å². The predicted octanol–water partition coefficient (Wildman–Crippen LogP) is 0.470. The van der Waals surface area contributed by atoms with Crippen molar-refractivity contribution in [1.82, 2.24) is 0 Å². The summed E-state index contributed by atoms with van der Waals surface area (Å²) in [6, 6.07) is 0. The summed E-state index contributed by atoms with van der Waals surface area (Å²) in [7, 11) is 1.60. The Hall–Kier alpha value is -0.480. The molecule has 0 spiro atoms. The molecule has 33 valence electrons. The average molecular weight is 83.1 g/mol. The van der Waals surface area contributed by atoms with Crippen LogP contribution in [0, 0.1) is 18.8 Å². The topological polar surface area (TPSA) is 9.23 Å². The third kappa shape index (κ3) is 3.52. The van der Waals surface area contributed by atoms with Gasteiger partial charge in [-0.2, -0.15) is 0 Å². The number of hydrogen-bond donors (Lipinski definition) is 0. The van der Waals surface area contributed by atoms with Crippen LogP contribution in [0.1, 0.15) is 0 Å². The molecule has 1 heteroatoms. The highest BCUT2D eigenvalue weighted by Gasteiger charge is 1.60. The van der Waals surface area contributed by atoms with E-state index in [9.17, 15) is 0 Å². The Labute approximate surface area is 38.3 Å². The number of hydrogen-bond acceptors (Lipinski definition) is 1. The molecule has 0 amide bonds. The maximum absolute atomic E-state index is 4.57. The Morgan fingerprint density at radius 2 is 2.50 bits per heavy atom. The first-order valence-electron chi connectivity index (χ1n) is 1.65. The smallest absolute Gasteiger partial charge is 0.107 e. The van der Waals surface area contributed by atoms with E-state index in [4.69, 9.17) is 0 Å². The first-order valence-corrected chi connectivity index (χ1v) is 1.65. The summed E-state index contributed by atoms with van der Waals surface area (Å²) in [5.41, 5.74) is 0. The number of rotatable bonds is 1. The van der Waals surface area contributed by atoms with Crippen LogP contribution in [0.4, 0.5) is 0 Å². The van der Waals surface area contributed by atoms with Crippen LogP contribution in [-0.2, 0) is 4.74 Å². The van der Waals surface area contributed by atoms with Crippen molar-refractivity contribution >= 4 is 0 Å². The van der Waals surface area contributed by atoms with Crippen molar-refractivity contribution in [1.29, 1.82) is 0 Å². The highest BCUT2D eigenvalue weighted by molar-refractivity contribution is 5.01. The normalized spacial score (nSPS) is 6.33. The van der Waals surface area contributed by atoms with Crippen molar-refractivity contribution in [2.24, 2.45) is 0 Å². The van der Waals surface area contributed by atoms with Crippen molar-refractivity contribution in [2.75, 3.05) is 13.7 Å². The predicted molar refractivity (Wildman–Crippen MR) is 25.0 cm³/mol. The van der Waals surface area contributed by atoms with E-state index in [0.29, 0.717) is 6.61 Å². The first-order chi connectivity index (χ1) is 2.91. The Morgan fingerprint density at radius 3 is 2.67 bits per heavy atom. The fourth-order valence-electron chi connectivity index (χ4n) is 0.123. The fourth-order valence-corrected chi connectivity index (χ4v) is 0.123. The van der Waals surface area contributed by atoms with E-state index in [0.717, 1.165) is 0 Å². The molecule has 0 saturated heterocycles. The molecule has 0 N–H and O–H groups in total. The summed E-state index contributed by atoms with van der Waals surface area (Å²) >= 11 is 0. The molecule has 0 aliphatic rings. The number of ether oxygens (including phenoxy) is 1. The average Bonchev–Trinajstić information content (AvgIpc) is 1.61. The Kier molecular flexibility index (Phi) is 4.16. The molecule has 0 aliphatic carbocycles. The lowest BCUT2D eigenvalue weighted by atomic mass is 10.6. The number of methoxy groups -OCH3 is 1. The van der Waals surface area contributed by atoms with Gasteiger partial charge in [0.1, 0.15) is 6.61 Å². The van der Waals surface area contributed by atoms with Gasteiger partial charge in [0, 0.05) is 14.0 Å². The SMILES string of the molecule is [CH2]C#CCOC. The van der Waals surface area contributed by atoms with Crippen LogP contribution < -0.4 is 0 Å². The van der Waals surface area contributed by atoms with E-state index in [1.165, 1.54) is 0 Å². The van der Waals surface area contributed by atoms with E-state index < -0.39 is 0 Å². The van der Waals surface area contributed by atoms with E-state index in [-0.39, 0.29) is 0 Å². The van der Waals surface area contributed by atoms with Crippen molar-refractivity contribution in [2.45, 2.75) is 0 Å². The molecule has 0 heterocycles. The highest BCUT2D eigenvalue weighted by atomic mass is 16.5. The third-order valence-electron chi connectivity index (χ3n) is 0.342. The summed E-state index contributed by atoms with van der Waals surface area (Å²) in [4.78, 5) is 0. The second-order valence-corrected chi connectivity index (χ2v) is 0.787. The summed E-state index contributed by atoms with van der Waals surface area (Å²) in [5, 5.41) is 0. The molecule has 0 aromatic rings. The van der Waals surface area contributed by atoms with Crippen molar-refractivity contribution in [3.63, 3.8) is 0 Å².